The number of halogens is 3. The van der Waals surface area contributed by atoms with E-state index < -0.39 is 21.8 Å². The fourth-order valence-corrected chi connectivity index (χ4v) is 1.73. The quantitative estimate of drug-likeness (QED) is 0.841. The molecular weight excluding hydrogens is 271 g/mol. The number of sulfonamides is 1. The summed E-state index contributed by atoms with van der Waals surface area (Å²) in [5.41, 5.74) is -5.36. The summed E-state index contributed by atoms with van der Waals surface area (Å²) in [6, 6.07) is 8.82. The molecule has 0 aliphatic rings. The number of hydrogen-bond donors (Lipinski definition) is 1. The van der Waals surface area contributed by atoms with E-state index in [1.165, 1.54) is 23.8 Å². The van der Waals surface area contributed by atoms with Crippen LogP contribution in [0, 0.1) is 6.07 Å². The van der Waals surface area contributed by atoms with Crippen LogP contribution < -0.4 is 9.46 Å². The summed E-state index contributed by atoms with van der Waals surface area (Å²) >= 11 is 0. The van der Waals surface area contributed by atoms with Crippen molar-refractivity contribution in [2.75, 3.05) is 0 Å². The Bertz CT molecular complexity index is 473. The van der Waals surface area contributed by atoms with Gasteiger partial charge in [0.05, 0.1) is 0 Å². The third-order valence-corrected chi connectivity index (χ3v) is 3.09. The maximum absolute atomic E-state index is 12.2. The molecule has 18 heavy (non-hydrogen) atoms. The topological polar surface area (TPSA) is 55.4 Å². The molecule has 1 radical (unpaired) electrons. The summed E-state index contributed by atoms with van der Waals surface area (Å²) in [5.74, 6) is 0.161. The molecular formula is C10H11F3NO3S. The van der Waals surface area contributed by atoms with E-state index in [1.807, 2.05) is 0 Å². The minimum Gasteiger partial charge on any atom is -0.474 e. The molecule has 0 saturated heterocycles. The van der Waals surface area contributed by atoms with Gasteiger partial charge in [0, 0.05) is 6.07 Å². The largest absolute Gasteiger partial charge is 0.511 e. The van der Waals surface area contributed by atoms with Crippen LogP contribution in [0.3, 0.4) is 0 Å². The number of para-hydroxylation sites is 1. The maximum Gasteiger partial charge on any atom is 0.511 e. The molecule has 4 nitrogen and oxygen atoms in total. The number of benzene rings is 1. The van der Waals surface area contributed by atoms with Crippen LogP contribution in [0.15, 0.2) is 24.3 Å². The van der Waals surface area contributed by atoms with Crippen LogP contribution in [0.25, 0.3) is 0 Å². The molecule has 1 aromatic carbocycles. The Balaban J connectivity index is 2.75. The SMILES string of the molecule is CCC(NS(=O)(=O)C(F)(F)F)Oc1[c]cccc1. The first-order valence-corrected chi connectivity index (χ1v) is 6.46. The Kier molecular flexibility index (Phi) is 4.58. The zero-order valence-electron chi connectivity index (χ0n) is 9.36. The van der Waals surface area contributed by atoms with Gasteiger partial charge in [-0.15, -0.1) is 0 Å². The highest BCUT2D eigenvalue weighted by molar-refractivity contribution is 7.90. The molecule has 0 amide bonds. The third kappa shape index (κ3) is 3.88. The van der Waals surface area contributed by atoms with Crippen LogP contribution in [-0.4, -0.2) is 20.2 Å². The van der Waals surface area contributed by atoms with Gasteiger partial charge in [-0.25, -0.2) is 8.42 Å². The fraction of sp³-hybridized carbons (Fsp3) is 0.400. The van der Waals surface area contributed by atoms with E-state index in [0.29, 0.717) is 0 Å². The van der Waals surface area contributed by atoms with Crippen molar-refractivity contribution in [1.82, 2.24) is 4.72 Å². The molecule has 1 aromatic rings. The van der Waals surface area contributed by atoms with Gasteiger partial charge < -0.3 is 4.74 Å². The van der Waals surface area contributed by atoms with Crippen LogP contribution in [0.1, 0.15) is 13.3 Å². The van der Waals surface area contributed by atoms with E-state index in [2.05, 4.69) is 6.07 Å². The van der Waals surface area contributed by atoms with Crippen molar-refractivity contribution in [3.05, 3.63) is 30.3 Å². The van der Waals surface area contributed by atoms with E-state index in [0.717, 1.165) is 0 Å². The van der Waals surface area contributed by atoms with E-state index in [1.54, 1.807) is 12.1 Å². The van der Waals surface area contributed by atoms with E-state index in [4.69, 9.17) is 4.74 Å². The minimum absolute atomic E-state index is 0.0397. The highest BCUT2D eigenvalue weighted by atomic mass is 32.2. The van der Waals surface area contributed by atoms with Gasteiger partial charge in [-0.05, 0) is 12.5 Å². The second kappa shape index (κ2) is 5.57. The standard InChI is InChI=1S/C10H11F3NO3S/c1-2-9(14-18(15,16)10(11,12)13)17-8-6-4-3-5-7-8/h3-6,9,14H,2H2,1H3. The zero-order chi connectivity index (χ0) is 13.8. The maximum atomic E-state index is 12.2. The molecule has 1 unspecified atom stereocenters. The van der Waals surface area contributed by atoms with Gasteiger partial charge in [-0.2, -0.15) is 17.9 Å². The van der Waals surface area contributed by atoms with E-state index in [9.17, 15) is 21.6 Å². The summed E-state index contributed by atoms with van der Waals surface area (Å²) in [6.07, 6.45) is -1.26. The number of nitrogens with one attached hydrogen (secondary N) is 1. The lowest BCUT2D eigenvalue weighted by atomic mass is 10.3. The number of ether oxygens (including phenoxy) is 1. The van der Waals surface area contributed by atoms with E-state index in [-0.39, 0.29) is 12.2 Å². The van der Waals surface area contributed by atoms with Gasteiger partial charge in [0.2, 0.25) is 0 Å². The third-order valence-electron chi connectivity index (χ3n) is 1.91. The molecule has 0 aliphatic carbocycles. The summed E-state index contributed by atoms with van der Waals surface area (Å²) in [6.45, 7) is 1.49. The van der Waals surface area contributed by atoms with Crippen molar-refractivity contribution in [3.63, 3.8) is 0 Å². The molecule has 0 heterocycles. The average molecular weight is 282 g/mol. The first kappa shape index (κ1) is 14.8. The molecule has 1 rings (SSSR count). The van der Waals surface area contributed by atoms with Crippen molar-refractivity contribution in [2.45, 2.75) is 25.1 Å². The van der Waals surface area contributed by atoms with Gasteiger partial charge >= 0.3 is 15.5 Å². The second-order valence-corrected chi connectivity index (χ2v) is 5.01. The predicted octanol–water partition coefficient (Wildman–Crippen LogP) is 2.04. The molecule has 0 aliphatic heterocycles. The molecule has 1 atom stereocenters. The smallest absolute Gasteiger partial charge is 0.474 e. The summed E-state index contributed by atoms with van der Waals surface area (Å²) in [4.78, 5) is 0. The highest BCUT2D eigenvalue weighted by Crippen LogP contribution is 2.22. The summed E-state index contributed by atoms with van der Waals surface area (Å²) < 4.78 is 64.7. The van der Waals surface area contributed by atoms with Crippen LogP contribution >= 0.6 is 0 Å². The Morgan fingerprint density at radius 3 is 2.56 bits per heavy atom. The molecule has 1 N–H and O–H groups in total. The molecule has 8 heteroatoms. The molecule has 0 spiro atoms. The Morgan fingerprint density at radius 1 is 1.44 bits per heavy atom. The van der Waals surface area contributed by atoms with Crippen molar-refractivity contribution in [2.24, 2.45) is 0 Å². The predicted molar refractivity (Wildman–Crippen MR) is 58.1 cm³/mol. The fourth-order valence-electron chi connectivity index (χ4n) is 1.03. The molecule has 101 valence electrons. The highest BCUT2D eigenvalue weighted by Gasteiger charge is 2.47. The molecule has 0 aromatic heterocycles. The number of alkyl halides is 3. The van der Waals surface area contributed by atoms with Gasteiger partial charge in [0.25, 0.3) is 0 Å². The van der Waals surface area contributed by atoms with Crippen molar-refractivity contribution >= 4 is 10.0 Å². The Hall–Kier alpha value is -1.28. The van der Waals surface area contributed by atoms with Crippen molar-refractivity contribution < 1.29 is 26.3 Å². The summed E-state index contributed by atoms with van der Waals surface area (Å²) in [7, 11) is -5.42. The molecule has 0 saturated carbocycles. The van der Waals surface area contributed by atoms with E-state index >= 15 is 0 Å². The Morgan fingerprint density at radius 2 is 2.11 bits per heavy atom. The van der Waals surface area contributed by atoms with Gasteiger partial charge in [-0.1, -0.05) is 25.1 Å². The molecule has 0 fully saturated rings. The van der Waals surface area contributed by atoms with Crippen LogP contribution in [0.2, 0.25) is 0 Å². The average Bonchev–Trinajstić information content (AvgIpc) is 2.27. The molecule has 0 bridgehead atoms. The Labute approximate surface area is 103 Å². The summed E-state index contributed by atoms with van der Waals surface area (Å²) in [5, 5.41) is 0. The van der Waals surface area contributed by atoms with Crippen LogP contribution in [-0.2, 0) is 10.0 Å². The first-order valence-electron chi connectivity index (χ1n) is 4.98. The van der Waals surface area contributed by atoms with Gasteiger partial charge in [-0.3, -0.25) is 0 Å². The number of rotatable bonds is 5. The van der Waals surface area contributed by atoms with Crippen molar-refractivity contribution in [3.8, 4) is 5.75 Å². The number of hydrogen-bond acceptors (Lipinski definition) is 3. The lowest BCUT2D eigenvalue weighted by Gasteiger charge is -2.19. The second-order valence-electron chi connectivity index (χ2n) is 3.31. The monoisotopic (exact) mass is 282 g/mol. The van der Waals surface area contributed by atoms with Gasteiger partial charge in [0.15, 0.2) is 6.23 Å². The minimum atomic E-state index is -5.42. The lowest BCUT2D eigenvalue weighted by Crippen LogP contribution is -2.45. The van der Waals surface area contributed by atoms with Gasteiger partial charge in [0.1, 0.15) is 5.75 Å². The zero-order valence-corrected chi connectivity index (χ0v) is 10.2. The van der Waals surface area contributed by atoms with Crippen molar-refractivity contribution in [1.29, 1.82) is 0 Å². The van der Waals surface area contributed by atoms with Crippen LogP contribution in [0.5, 0.6) is 5.75 Å². The normalized spacial score (nSPS) is 14.2. The lowest BCUT2D eigenvalue weighted by molar-refractivity contribution is -0.0462. The first-order chi connectivity index (χ1) is 8.26. The van der Waals surface area contributed by atoms with Crippen LogP contribution in [0.4, 0.5) is 13.2 Å².